The van der Waals surface area contributed by atoms with Crippen molar-refractivity contribution in [2.24, 2.45) is 0 Å². The normalized spacial score (nSPS) is 10.7. The molecule has 148 valence electrons. The molecule has 0 atom stereocenters. The van der Waals surface area contributed by atoms with Gasteiger partial charge in [-0.2, -0.15) is 0 Å². The van der Waals surface area contributed by atoms with Crippen molar-refractivity contribution in [2.45, 2.75) is 13.8 Å². The first-order valence-electron chi connectivity index (χ1n) is 9.09. The number of anilines is 2. The molecule has 0 unspecified atom stereocenters. The van der Waals surface area contributed by atoms with Gasteiger partial charge in [-0.15, -0.1) is 11.3 Å². The van der Waals surface area contributed by atoms with Crippen molar-refractivity contribution >= 4 is 40.6 Å². The van der Waals surface area contributed by atoms with Gasteiger partial charge in [-0.3, -0.25) is 9.59 Å². The van der Waals surface area contributed by atoms with Crippen LogP contribution in [0.1, 0.15) is 28.0 Å². The summed E-state index contributed by atoms with van der Waals surface area (Å²) in [5.74, 6) is 0.262. The van der Waals surface area contributed by atoms with Crippen molar-refractivity contribution in [1.29, 1.82) is 0 Å². The topological polar surface area (TPSA) is 80.3 Å². The highest BCUT2D eigenvalue weighted by atomic mass is 32.1. The maximum atomic E-state index is 12.4. The summed E-state index contributed by atoms with van der Waals surface area (Å²) in [6, 6.07) is 13.9. The van der Waals surface area contributed by atoms with Crippen molar-refractivity contribution in [2.75, 3.05) is 17.2 Å². The van der Waals surface area contributed by atoms with Crippen LogP contribution < -0.4 is 15.4 Å². The summed E-state index contributed by atoms with van der Waals surface area (Å²) in [4.78, 5) is 28.7. The molecule has 0 aliphatic carbocycles. The van der Waals surface area contributed by atoms with Crippen LogP contribution in [-0.2, 0) is 4.79 Å². The molecule has 29 heavy (non-hydrogen) atoms. The number of carbonyl (C=O) groups is 2. The van der Waals surface area contributed by atoms with E-state index in [0.29, 0.717) is 23.5 Å². The monoisotopic (exact) mass is 407 g/mol. The molecule has 1 heterocycles. The second kappa shape index (κ2) is 9.66. The molecule has 7 heteroatoms. The minimum absolute atomic E-state index is 0.231. The SMILES string of the molecule is CCOc1ccc(NC(=O)c2ccc(NC(=O)/C=C/c3csc(C)n3)cc2)cc1. The maximum absolute atomic E-state index is 12.4. The van der Waals surface area contributed by atoms with Crippen LogP contribution in [0.15, 0.2) is 60.0 Å². The maximum Gasteiger partial charge on any atom is 0.255 e. The van der Waals surface area contributed by atoms with Gasteiger partial charge < -0.3 is 15.4 Å². The van der Waals surface area contributed by atoms with Crippen LogP contribution in [0.2, 0.25) is 0 Å². The summed E-state index contributed by atoms with van der Waals surface area (Å²) in [6.45, 7) is 4.42. The molecule has 3 rings (SSSR count). The lowest BCUT2D eigenvalue weighted by atomic mass is 10.2. The number of hydrogen-bond acceptors (Lipinski definition) is 5. The summed E-state index contributed by atoms with van der Waals surface area (Å²) in [5, 5.41) is 8.42. The molecule has 0 spiro atoms. The quantitative estimate of drug-likeness (QED) is 0.554. The number of nitrogens with one attached hydrogen (secondary N) is 2. The smallest absolute Gasteiger partial charge is 0.255 e. The number of ether oxygens (including phenoxy) is 1. The van der Waals surface area contributed by atoms with E-state index in [4.69, 9.17) is 4.74 Å². The number of aryl methyl sites for hydroxylation is 1. The fraction of sp³-hybridized carbons (Fsp3) is 0.136. The van der Waals surface area contributed by atoms with E-state index in [-0.39, 0.29) is 11.8 Å². The number of aromatic nitrogens is 1. The molecule has 0 aliphatic heterocycles. The lowest BCUT2D eigenvalue weighted by Crippen LogP contribution is -2.12. The average Bonchev–Trinajstić information content (AvgIpc) is 3.14. The van der Waals surface area contributed by atoms with Crippen LogP contribution in [0.25, 0.3) is 6.08 Å². The molecular weight excluding hydrogens is 386 g/mol. The van der Waals surface area contributed by atoms with Crippen LogP contribution in [-0.4, -0.2) is 23.4 Å². The first-order chi connectivity index (χ1) is 14.0. The van der Waals surface area contributed by atoms with Gasteiger partial charge in [-0.05, 0) is 68.5 Å². The van der Waals surface area contributed by atoms with Crippen LogP contribution in [0, 0.1) is 6.92 Å². The molecule has 0 aliphatic rings. The predicted octanol–water partition coefficient (Wildman–Crippen LogP) is 4.75. The van der Waals surface area contributed by atoms with Gasteiger partial charge in [0.25, 0.3) is 5.91 Å². The van der Waals surface area contributed by atoms with E-state index in [1.807, 2.05) is 19.2 Å². The third-order valence-corrected chi connectivity index (χ3v) is 4.67. The number of thiazole rings is 1. The van der Waals surface area contributed by atoms with Gasteiger partial charge in [-0.1, -0.05) is 0 Å². The summed E-state index contributed by atoms with van der Waals surface area (Å²) in [7, 11) is 0. The lowest BCUT2D eigenvalue weighted by molar-refractivity contribution is -0.111. The Kier molecular flexibility index (Phi) is 6.76. The van der Waals surface area contributed by atoms with Gasteiger partial charge in [0.05, 0.1) is 17.3 Å². The number of hydrogen-bond donors (Lipinski definition) is 2. The van der Waals surface area contributed by atoms with Crippen molar-refractivity contribution < 1.29 is 14.3 Å². The second-order valence-electron chi connectivity index (χ2n) is 6.10. The van der Waals surface area contributed by atoms with Gasteiger partial charge >= 0.3 is 0 Å². The standard InChI is InChI=1S/C22H21N3O3S/c1-3-28-20-11-8-18(9-12-20)25-22(27)16-4-6-17(7-5-16)24-21(26)13-10-19-14-29-15(2)23-19/h4-14H,3H2,1-2H3,(H,24,26)(H,25,27)/b13-10+. The molecule has 0 bridgehead atoms. The summed E-state index contributed by atoms with van der Waals surface area (Å²) in [6.07, 6.45) is 3.10. The Morgan fingerprint density at radius 3 is 2.31 bits per heavy atom. The van der Waals surface area contributed by atoms with E-state index in [2.05, 4.69) is 15.6 Å². The minimum Gasteiger partial charge on any atom is -0.494 e. The fourth-order valence-electron chi connectivity index (χ4n) is 2.51. The van der Waals surface area contributed by atoms with Gasteiger partial charge in [0.1, 0.15) is 5.75 Å². The van der Waals surface area contributed by atoms with Crippen molar-refractivity contribution in [3.63, 3.8) is 0 Å². The minimum atomic E-state index is -0.262. The molecule has 0 saturated carbocycles. The molecule has 3 aromatic rings. The highest BCUT2D eigenvalue weighted by Gasteiger charge is 2.07. The van der Waals surface area contributed by atoms with Gasteiger partial charge in [0, 0.05) is 28.4 Å². The average molecular weight is 407 g/mol. The molecule has 1 aromatic heterocycles. The number of carbonyl (C=O) groups excluding carboxylic acids is 2. The third-order valence-electron chi connectivity index (χ3n) is 3.88. The third kappa shape index (κ3) is 6.02. The van der Waals surface area contributed by atoms with Crippen molar-refractivity contribution in [3.05, 3.63) is 76.3 Å². The number of rotatable bonds is 7. The van der Waals surface area contributed by atoms with Crippen LogP contribution in [0.3, 0.4) is 0 Å². The van der Waals surface area contributed by atoms with Gasteiger partial charge in [-0.25, -0.2) is 4.98 Å². The first kappa shape index (κ1) is 20.3. The number of nitrogens with zero attached hydrogens (tertiary/aromatic N) is 1. The number of amides is 2. The molecule has 0 fully saturated rings. The number of benzene rings is 2. The van der Waals surface area contributed by atoms with Crippen LogP contribution >= 0.6 is 11.3 Å². The summed E-state index contributed by atoms with van der Waals surface area (Å²) >= 11 is 1.53. The zero-order chi connectivity index (χ0) is 20.6. The predicted molar refractivity (Wildman–Crippen MR) is 117 cm³/mol. The van der Waals surface area contributed by atoms with E-state index in [9.17, 15) is 9.59 Å². The Balaban J connectivity index is 1.55. The largest absolute Gasteiger partial charge is 0.494 e. The zero-order valence-corrected chi connectivity index (χ0v) is 17.0. The molecular formula is C22H21N3O3S. The van der Waals surface area contributed by atoms with Gasteiger partial charge in [0.15, 0.2) is 0 Å². The van der Waals surface area contributed by atoms with Gasteiger partial charge in [0.2, 0.25) is 5.91 Å². The Morgan fingerprint density at radius 2 is 1.69 bits per heavy atom. The zero-order valence-electron chi connectivity index (χ0n) is 16.1. The first-order valence-corrected chi connectivity index (χ1v) is 9.97. The Labute approximate surface area is 173 Å². The molecule has 2 N–H and O–H groups in total. The molecule has 6 nitrogen and oxygen atoms in total. The van der Waals surface area contributed by atoms with E-state index >= 15 is 0 Å². The Hall–Kier alpha value is -3.45. The van der Waals surface area contributed by atoms with Crippen molar-refractivity contribution in [1.82, 2.24) is 4.98 Å². The fourth-order valence-corrected chi connectivity index (χ4v) is 3.09. The molecule has 0 saturated heterocycles. The molecule has 2 amide bonds. The summed E-state index contributed by atoms with van der Waals surface area (Å²) < 4.78 is 5.38. The van der Waals surface area contributed by atoms with E-state index in [1.54, 1.807) is 54.6 Å². The molecule has 0 radical (unpaired) electrons. The highest BCUT2D eigenvalue weighted by molar-refractivity contribution is 7.09. The lowest BCUT2D eigenvalue weighted by Gasteiger charge is -2.08. The Morgan fingerprint density at radius 1 is 1.03 bits per heavy atom. The van der Waals surface area contributed by atoms with E-state index < -0.39 is 0 Å². The molecule has 2 aromatic carbocycles. The Bertz CT molecular complexity index is 1010. The van der Waals surface area contributed by atoms with Crippen LogP contribution in [0.5, 0.6) is 5.75 Å². The van der Waals surface area contributed by atoms with Crippen LogP contribution in [0.4, 0.5) is 11.4 Å². The second-order valence-corrected chi connectivity index (χ2v) is 7.17. The van der Waals surface area contributed by atoms with Crippen molar-refractivity contribution in [3.8, 4) is 5.75 Å². The summed E-state index contributed by atoms with van der Waals surface area (Å²) in [5.41, 5.74) is 2.53. The highest BCUT2D eigenvalue weighted by Crippen LogP contribution is 2.17. The van der Waals surface area contributed by atoms with E-state index in [1.165, 1.54) is 17.4 Å². The van der Waals surface area contributed by atoms with E-state index in [0.717, 1.165) is 16.5 Å².